The molecule has 0 fully saturated rings. The summed E-state index contributed by atoms with van der Waals surface area (Å²) in [6.45, 7) is 0. The summed E-state index contributed by atoms with van der Waals surface area (Å²) in [5.74, 6) is 0.171. The summed E-state index contributed by atoms with van der Waals surface area (Å²) in [6, 6.07) is 4.09. The molecule has 1 aliphatic heterocycles. The van der Waals surface area contributed by atoms with E-state index < -0.39 is 0 Å². The number of hydrogen-bond donors (Lipinski definition) is 1. The van der Waals surface area contributed by atoms with Crippen molar-refractivity contribution in [1.82, 2.24) is 5.48 Å². The van der Waals surface area contributed by atoms with Gasteiger partial charge in [-0.1, -0.05) is 0 Å². The van der Waals surface area contributed by atoms with E-state index in [0.29, 0.717) is 11.4 Å². The van der Waals surface area contributed by atoms with Gasteiger partial charge in [0, 0.05) is 6.07 Å². The number of nitrogens with zero attached hydrogens (tertiary/aromatic N) is 1. The fourth-order valence-electron chi connectivity index (χ4n) is 0.825. The molecule has 1 N–H and O–H groups in total. The first-order valence-corrected chi connectivity index (χ1v) is 3.03. The van der Waals surface area contributed by atoms with Crippen molar-refractivity contribution in [3.63, 3.8) is 0 Å². The number of halogens is 1. The number of hydrogen-bond acceptors (Lipinski definition) is 3. The number of nitrogens with one attached hydrogen (secondary N) is 1. The number of fused-ring (bicyclic) bond motifs is 1. The predicted octanol–water partition coefficient (Wildman–Crippen LogP) is 1.26. The van der Waals surface area contributed by atoms with Gasteiger partial charge >= 0.3 is 0 Å². The fourth-order valence-corrected chi connectivity index (χ4v) is 0.825. The maximum Gasteiger partial charge on any atom is 0.206 e. The third-order valence-electron chi connectivity index (χ3n) is 1.30. The Morgan fingerprint density at radius 1 is 1.55 bits per heavy atom. The van der Waals surface area contributed by atoms with Crippen LogP contribution in [0, 0.1) is 5.82 Å². The van der Waals surface area contributed by atoms with Gasteiger partial charge in [-0.25, -0.2) is 9.38 Å². The molecule has 4 heteroatoms. The zero-order chi connectivity index (χ0) is 7.68. The third-order valence-corrected chi connectivity index (χ3v) is 1.30. The number of hydroxylamine groups is 1. The molecule has 0 aromatic heterocycles. The van der Waals surface area contributed by atoms with Crippen LogP contribution in [0.3, 0.4) is 0 Å². The lowest BCUT2D eigenvalue weighted by Gasteiger charge is -2.09. The van der Waals surface area contributed by atoms with Crippen molar-refractivity contribution in [3.8, 4) is 5.75 Å². The smallest absolute Gasteiger partial charge is 0.206 e. The van der Waals surface area contributed by atoms with Crippen LogP contribution in [0.5, 0.6) is 5.75 Å². The highest BCUT2D eigenvalue weighted by Crippen LogP contribution is 2.28. The highest BCUT2D eigenvalue weighted by molar-refractivity contribution is 5.67. The molecule has 0 atom stereocenters. The first-order chi connectivity index (χ1) is 5.36. The Labute approximate surface area is 62.5 Å². The highest BCUT2D eigenvalue weighted by Gasteiger charge is 2.07. The lowest BCUT2D eigenvalue weighted by molar-refractivity contribution is 0.263. The molecule has 0 amide bonds. The van der Waals surface area contributed by atoms with E-state index in [1.807, 2.05) is 0 Å². The van der Waals surface area contributed by atoms with Crippen molar-refractivity contribution in [2.45, 2.75) is 0 Å². The van der Waals surface area contributed by atoms with Gasteiger partial charge in [0.1, 0.15) is 11.5 Å². The van der Waals surface area contributed by atoms with Gasteiger partial charge in [0.15, 0.2) is 5.75 Å². The molecule has 0 bridgehead atoms. The van der Waals surface area contributed by atoms with Crippen molar-refractivity contribution in [2.75, 3.05) is 0 Å². The maximum atomic E-state index is 12.5. The fraction of sp³-hybridized carbons (Fsp3) is 0. The second kappa shape index (κ2) is 2.23. The first-order valence-electron chi connectivity index (χ1n) is 3.03. The Bertz CT molecular complexity index is 311. The molecular weight excluding hydrogens is 147 g/mol. The zero-order valence-corrected chi connectivity index (χ0v) is 5.47. The van der Waals surface area contributed by atoms with Crippen molar-refractivity contribution in [1.29, 1.82) is 0 Å². The number of aliphatic imine (C=N–C) groups is 1. The van der Waals surface area contributed by atoms with Crippen LogP contribution in [0.2, 0.25) is 0 Å². The Kier molecular flexibility index (Phi) is 1.25. The summed E-state index contributed by atoms with van der Waals surface area (Å²) in [6.07, 6.45) is 2.35. The summed E-state index contributed by atoms with van der Waals surface area (Å²) >= 11 is 0. The molecular formula is C7H4FN2O. The van der Waals surface area contributed by atoms with Crippen LogP contribution in [0.4, 0.5) is 10.1 Å². The van der Waals surface area contributed by atoms with Crippen LogP contribution in [-0.2, 0) is 0 Å². The Morgan fingerprint density at radius 2 is 2.45 bits per heavy atom. The first kappa shape index (κ1) is 6.15. The van der Waals surface area contributed by atoms with Crippen molar-refractivity contribution in [3.05, 3.63) is 24.0 Å². The van der Waals surface area contributed by atoms with Crippen LogP contribution < -0.4 is 10.3 Å². The van der Waals surface area contributed by atoms with Crippen LogP contribution >= 0.6 is 0 Å². The van der Waals surface area contributed by atoms with Crippen LogP contribution in [0.1, 0.15) is 0 Å². The van der Waals surface area contributed by atoms with E-state index in [4.69, 9.17) is 4.84 Å². The molecule has 1 heterocycles. The average Bonchev–Trinajstić information content (AvgIpc) is 2.04. The Morgan fingerprint density at radius 3 is 3.36 bits per heavy atom. The van der Waals surface area contributed by atoms with Gasteiger partial charge in [0.25, 0.3) is 0 Å². The van der Waals surface area contributed by atoms with Crippen molar-refractivity contribution in [2.24, 2.45) is 4.99 Å². The van der Waals surface area contributed by atoms with Crippen LogP contribution in [-0.4, -0.2) is 6.34 Å². The minimum absolute atomic E-state index is 0.334. The molecule has 2 rings (SSSR count). The van der Waals surface area contributed by atoms with E-state index in [1.54, 1.807) is 0 Å². The average molecular weight is 151 g/mol. The van der Waals surface area contributed by atoms with Crippen LogP contribution in [0.25, 0.3) is 0 Å². The normalized spacial score (nSPS) is 13.2. The molecule has 0 spiro atoms. The molecule has 0 unspecified atom stereocenters. The van der Waals surface area contributed by atoms with Gasteiger partial charge < -0.3 is 4.84 Å². The molecule has 0 saturated heterocycles. The molecule has 11 heavy (non-hydrogen) atoms. The zero-order valence-electron chi connectivity index (χ0n) is 5.47. The monoisotopic (exact) mass is 151 g/mol. The largest absolute Gasteiger partial charge is 0.378 e. The SMILES string of the molecule is Fc1ccc2c(c1)N=[C]NO2. The number of rotatable bonds is 0. The van der Waals surface area contributed by atoms with Crippen molar-refractivity contribution < 1.29 is 9.23 Å². The van der Waals surface area contributed by atoms with Gasteiger partial charge in [-0.3, -0.25) is 0 Å². The summed E-state index contributed by atoms with van der Waals surface area (Å²) in [7, 11) is 0. The van der Waals surface area contributed by atoms with E-state index in [0.717, 1.165) is 0 Å². The molecule has 1 aromatic carbocycles. The summed E-state index contributed by atoms with van der Waals surface area (Å²) in [4.78, 5) is 8.58. The summed E-state index contributed by atoms with van der Waals surface area (Å²) in [5.41, 5.74) is 2.77. The third kappa shape index (κ3) is 1.02. The lowest BCUT2D eigenvalue weighted by atomic mass is 10.3. The minimum atomic E-state index is -0.334. The van der Waals surface area contributed by atoms with Gasteiger partial charge in [0.05, 0.1) is 0 Å². The molecule has 1 radical (unpaired) electrons. The standard InChI is InChI=1S/C7H4FN2O/c8-5-1-2-7-6(3-5)9-4-10-11-7/h1-3H,(H,9,10). The van der Waals surface area contributed by atoms with E-state index in [1.165, 1.54) is 18.2 Å². The van der Waals surface area contributed by atoms with Gasteiger partial charge in [0.2, 0.25) is 6.34 Å². The molecule has 0 aliphatic carbocycles. The van der Waals surface area contributed by atoms with Crippen molar-refractivity contribution >= 4 is 12.0 Å². The lowest BCUT2D eigenvalue weighted by Crippen LogP contribution is -2.18. The maximum absolute atomic E-state index is 12.5. The van der Waals surface area contributed by atoms with E-state index >= 15 is 0 Å². The Balaban J connectivity index is 2.54. The minimum Gasteiger partial charge on any atom is -0.378 e. The predicted molar refractivity (Wildman–Crippen MR) is 37.3 cm³/mol. The van der Waals surface area contributed by atoms with Crippen LogP contribution in [0.15, 0.2) is 23.2 Å². The highest BCUT2D eigenvalue weighted by atomic mass is 19.1. The second-order valence-electron chi connectivity index (χ2n) is 2.04. The molecule has 1 aromatic rings. The number of benzene rings is 1. The van der Waals surface area contributed by atoms with E-state index in [9.17, 15) is 4.39 Å². The second-order valence-corrected chi connectivity index (χ2v) is 2.04. The molecule has 1 aliphatic rings. The topological polar surface area (TPSA) is 33.6 Å². The van der Waals surface area contributed by atoms with E-state index in [-0.39, 0.29) is 5.82 Å². The molecule has 0 saturated carbocycles. The summed E-state index contributed by atoms with van der Waals surface area (Å²) in [5, 5.41) is 0. The summed E-state index contributed by atoms with van der Waals surface area (Å²) < 4.78 is 12.5. The molecule has 55 valence electrons. The van der Waals surface area contributed by atoms with Gasteiger partial charge in [-0.05, 0) is 12.1 Å². The molecule has 3 nitrogen and oxygen atoms in total. The van der Waals surface area contributed by atoms with Gasteiger partial charge in [-0.15, -0.1) is 0 Å². The quantitative estimate of drug-likeness (QED) is 0.605. The van der Waals surface area contributed by atoms with E-state index in [2.05, 4.69) is 16.8 Å². The van der Waals surface area contributed by atoms with Gasteiger partial charge in [-0.2, -0.15) is 5.48 Å². The Hall–Kier alpha value is -1.58.